The predicted molar refractivity (Wildman–Crippen MR) is 46.9 cm³/mol. The van der Waals surface area contributed by atoms with E-state index in [0.717, 1.165) is 16.1 Å². The average Bonchev–Trinajstić information content (AvgIpc) is 2.55. The third-order valence-corrected chi connectivity index (χ3v) is 2.20. The van der Waals surface area contributed by atoms with E-state index in [1.54, 1.807) is 0 Å². The lowest BCUT2D eigenvalue weighted by molar-refractivity contribution is 0.172. The lowest BCUT2D eigenvalue weighted by atomic mass is 10.0. The molecule has 2 N–H and O–H groups in total. The summed E-state index contributed by atoms with van der Waals surface area (Å²) in [5, 5.41) is 10.8. The molecular weight excluding hydrogens is 182 g/mol. The van der Waals surface area contributed by atoms with Crippen LogP contribution in [0.5, 0.6) is 5.75 Å². The van der Waals surface area contributed by atoms with Crippen LogP contribution in [-0.4, -0.2) is 20.3 Å². The van der Waals surface area contributed by atoms with E-state index in [-0.39, 0.29) is 6.10 Å². The molecule has 0 spiro atoms. The van der Waals surface area contributed by atoms with Crippen LogP contribution in [0.15, 0.2) is 24.3 Å². The van der Waals surface area contributed by atoms with Gasteiger partial charge in [-0.05, 0) is 16.5 Å². The molecule has 6 heteroatoms. The Morgan fingerprint density at radius 1 is 1.36 bits per heavy atom. The summed E-state index contributed by atoms with van der Waals surface area (Å²) in [5.41, 5.74) is 1.06. The molecule has 0 saturated heterocycles. The first-order valence-corrected chi connectivity index (χ1v) is 4.15. The highest BCUT2D eigenvalue weighted by atomic mass is 16.5. The standard InChI is InChI=1S/C8H7N5O/c9-13-8(10-11-12-13)7-5-3-1-2-4-6(5)14-7/h1-4,7H,9H2. The van der Waals surface area contributed by atoms with E-state index in [4.69, 9.17) is 10.6 Å². The van der Waals surface area contributed by atoms with E-state index in [9.17, 15) is 0 Å². The van der Waals surface area contributed by atoms with E-state index in [1.807, 2.05) is 24.3 Å². The number of tetrazole rings is 1. The molecule has 1 aliphatic rings. The normalized spacial score (nSPS) is 18.1. The van der Waals surface area contributed by atoms with Crippen LogP contribution in [0, 0.1) is 0 Å². The molecule has 0 amide bonds. The van der Waals surface area contributed by atoms with Gasteiger partial charge in [0, 0.05) is 5.56 Å². The van der Waals surface area contributed by atoms with Gasteiger partial charge in [-0.2, -0.15) is 0 Å². The quantitative estimate of drug-likeness (QED) is 0.632. The minimum atomic E-state index is -0.230. The molecule has 1 atom stereocenters. The van der Waals surface area contributed by atoms with Gasteiger partial charge in [0.05, 0.1) is 0 Å². The largest absolute Gasteiger partial charge is 0.477 e. The van der Waals surface area contributed by atoms with Gasteiger partial charge in [0.25, 0.3) is 0 Å². The van der Waals surface area contributed by atoms with Gasteiger partial charge in [-0.1, -0.05) is 18.2 Å². The lowest BCUT2D eigenvalue weighted by Gasteiger charge is -2.29. The Balaban J connectivity index is 2.03. The Morgan fingerprint density at radius 3 is 2.93 bits per heavy atom. The molecule has 0 bridgehead atoms. The highest BCUT2D eigenvalue weighted by Gasteiger charge is 2.33. The van der Waals surface area contributed by atoms with Crippen LogP contribution < -0.4 is 10.6 Å². The summed E-state index contributed by atoms with van der Waals surface area (Å²) in [6, 6.07) is 7.73. The van der Waals surface area contributed by atoms with Crippen LogP contribution in [0.2, 0.25) is 0 Å². The van der Waals surface area contributed by atoms with Crippen LogP contribution in [0.3, 0.4) is 0 Å². The first-order chi connectivity index (χ1) is 6.86. The minimum Gasteiger partial charge on any atom is -0.477 e. The summed E-state index contributed by atoms with van der Waals surface area (Å²) >= 11 is 0. The second kappa shape index (κ2) is 2.44. The van der Waals surface area contributed by atoms with Crippen molar-refractivity contribution in [2.75, 3.05) is 5.84 Å². The van der Waals surface area contributed by atoms with E-state index in [2.05, 4.69) is 15.5 Å². The topological polar surface area (TPSA) is 78.9 Å². The molecule has 0 aliphatic carbocycles. The Bertz CT molecular complexity index is 480. The van der Waals surface area contributed by atoms with E-state index in [1.165, 1.54) is 0 Å². The van der Waals surface area contributed by atoms with Gasteiger partial charge in [-0.15, -0.1) is 9.89 Å². The number of para-hydroxylation sites is 1. The van der Waals surface area contributed by atoms with Crippen molar-refractivity contribution in [1.82, 2.24) is 20.3 Å². The second-order valence-electron chi connectivity index (χ2n) is 3.02. The maximum atomic E-state index is 5.51. The van der Waals surface area contributed by atoms with Crippen molar-refractivity contribution in [2.24, 2.45) is 0 Å². The minimum absolute atomic E-state index is 0.230. The van der Waals surface area contributed by atoms with Crippen molar-refractivity contribution in [1.29, 1.82) is 0 Å². The number of benzene rings is 1. The number of ether oxygens (including phenoxy) is 1. The van der Waals surface area contributed by atoms with Gasteiger partial charge in [-0.25, -0.2) is 0 Å². The second-order valence-corrected chi connectivity index (χ2v) is 3.02. The highest BCUT2D eigenvalue weighted by molar-refractivity contribution is 5.44. The summed E-state index contributed by atoms with van der Waals surface area (Å²) in [6.07, 6.45) is -0.230. The maximum Gasteiger partial charge on any atom is 0.219 e. The molecular formula is C8H7N5O. The molecule has 0 radical (unpaired) electrons. The molecule has 2 heterocycles. The average molecular weight is 189 g/mol. The van der Waals surface area contributed by atoms with Gasteiger partial charge in [0.15, 0.2) is 6.10 Å². The Kier molecular flexibility index (Phi) is 1.27. The number of nitrogen functional groups attached to an aromatic ring is 1. The van der Waals surface area contributed by atoms with E-state index < -0.39 is 0 Å². The van der Waals surface area contributed by atoms with Gasteiger partial charge in [0.2, 0.25) is 5.82 Å². The molecule has 1 aliphatic heterocycles. The molecule has 0 fully saturated rings. The molecule has 1 aromatic carbocycles. The fraction of sp³-hybridized carbons (Fsp3) is 0.125. The number of nitrogens with two attached hydrogens (primary N) is 1. The van der Waals surface area contributed by atoms with Gasteiger partial charge in [0.1, 0.15) is 5.75 Å². The first kappa shape index (κ1) is 7.31. The fourth-order valence-corrected chi connectivity index (χ4v) is 1.50. The molecule has 1 aromatic heterocycles. The predicted octanol–water partition coefficient (Wildman–Crippen LogP) is -0.131. The summed E-state index contributed by atoms with van der Waals surface area (Å²) in [5.74, 6) is 6.89. The fourth-order valence-electron chi connectivity index (χ4n) is 1.50. The number of hydrogen-bond donors (Lipinski definition) is 1. The van der Waals surface area contributed by atoms with Gasteiger partial charge < -0.3 is 10.6 Å². The number of aromatic nitrogens is 4. The van der Waals surface area contributed by atoms with Crippen molar-refractivity contribution < 1.29 is 4.74 Å². The lowest BCUT2D eigenvalue weighted by Crippen LogP contribution is -2.27. The smallest absolute Gasteiger partial charge is 0.219 e. The summed E-state index contributed by atoms with van der Waals surface area (Å²) in [7, 11) is 0. The summed E-state index contributed by atoms with van der Waals surface area (Å²) < 4.78 is 5.47. The summed E-state index contributed by atoms with van der Waals surface area (Å²) in [4.78, 5) is 1.13. The van der Waals surface area contributed by atoms with Crippen molar-refractivity contribution >= 4 is 0 Å². The van der Waals surface area contributed by atoms with E-state index >= 15 is 0 Å². The zero-order valence-corrected chi connectivity index (χ0v) is 7.16. The van der Waals surface area contributed by atoms with Crippen molar-refractivity contribution in [3.05, 3.63) is 35.7 Å². The molecule has 6 nitrogen and oxygen atoms in total. The highest BCUT2D eigenvalue weighted by Crippen LogP contribution is 2.41. The molecule has 1 unspecified atom stereocenters. The monoisotopic (exact) mass is 189 g/mol. The maximum absolute atomic E-state index is 5.51. The van der Waals surface area contributed by atoms with Crippen LogP contribution >= 0.6 is 0 Å². The van der Waals surface area contributed by atoms with Crippen LogP contribution in [0.1, 0.15) is 17.5 Å². The van der Waals surface area contributed by atoms with E-state index in [0.29, 0.717) is 5.82 Å². The Labute approximate surface area is 79.3 Å². The molecule has 0 saturated carbocycles. The zero-order valence-electron chi connectivity index (χ0n) is 7.16. The van der Waals surface area contributed by atoms with Gasteiger partial charge >= 0.3 is 0 Å². The van der Waals surface area contributed by atoms with Crippen LogP contribution in [0.4, 0.5) is 0 Å². The zero-order chi connectivity index (χ0) is 9.54. The number of rotatable bonds is 1. The Hall–Kier alpha value is -2.11. The number of fused-ring (bicyclic) bond motifs is 1. The molecule has 14 heavy (non-hydrogen) atoms. The van der Waals surface area contributed by atoms with Crippen molar-refractivity contribution in [2.45, 2.75) is 6.10 Å². The van der Waals surface area contributed by atoms with Crippen molar-refractivity contribution in [3.8, 4) is 5.75 Å². The molecule has 3 rings (SSSR count). The Morgan fingerprint density at radius 2 is 2.21 bits per heavy atom. The number of hydrogen-bond acceptors (Lipinski definition) is 5. The van der Waals surface area contributed by atoms with Gasteiger partial charge in [-0.3, -0.25) is 0 Å². The van der Waals surface area contributed by atoms with Crippen molar-refractivity contribution in [3.63, 3.8) is 0 Å². The molecule has 70 valence electrons. The first-order valence-electron chi connectivity index (χ1n) is 4.15. The molecule has 2 aromatic rings. The third-order valence-electron chi connectivity index (χ3n) is 2.20. The van der Waals surface area contributed by atoms with Crippen LogP contribution in [0.25, 0.3) is 0 Å². The number of nitrogens with zero attached hydrogens (tertiary/aromatic N) is 4. The summed E-state index contributed by atoms with van der Waals surface area (Å²) in [6.45, 7) is 0. The third kappa shape index (κ3) is 0.819. The van der Waals surface area contributed by atoms with Crippen LogP contribution in [-0.2, 0) is 0 Å². The SMILES string of the molecule is Nn1nnnc1C1Oc2ccccc21.